The molecular formula is C14H20N2O3. The lowest BCUT2D eigenvalue weighted by molar-refractivity contribution is 0.0496. The fourth-order valence-corrected chi connectivity index (χ4v) is 2.49. The minimum absolute atomic E-state index is 0.171. The van der Waals surface area contributed by atoms with Crippen LogP contribution in [0, 0.1) is 12.8 Å². The molecule has 0 amide bonds. The number of aromatic nitrogens is 1. The van der Waals surface area contributed by atoms with Gasteiger partial charge in [-0.05, 0) is 31.4 Å². The van der Waals surface area contributed by atoms with Gasteiger partial charge in [0.1, 0.15) is 5.82 Å². The van der Waals surface area contributed by atoms with Crippen LogP contribution in [-0.4, -0.2) is 42.4 Å². The second-order valence-corrected chi connectivity index (χ2v) is 5.15. The summed E-state index contributed by atoms with van der Waals surface area (Å²) in [5.74, 6) is 0.330. The van der Waals surface area contributed by atoms with E-state index in [2.05, 4.69) is 16.8 Å². The standard InChI is InChI=1S/C14H20N2O3/c1-9-4-5-16(8-12(9)19-3)13-7-11(14(17)18)6-10(2)15-13/h6-7,9,12H,4-5,8H2,1-3H3,(H,17,18). The van der Waals surface area contributed by atoms with E-state index in [9.17, 15) is 4.79 Å². The minimum atomic E-state index is -0.916. The monoisotopic (exact) mass is 264 g/mol. The van der Waals surface area contributed by atoms with Crippen LogP contribution in [-0.2, 0) is 4.74 Å². The van der Waals surface area contributed by atoms with E-state index >= 15 is 0 Å². The van der Waals surface area contributed by atoms with Crippen LogP contribution in [0.3, 0.4) is 0 Å². The molecule has 1 aromatic heterocycles. The van der Waals surface area contributed by atoms with E-state index in [0.29, 0.717) is 5.92 Å². The van der Waals surface area contributed by atoms with Crippen molar-refractivity contribution in [3.8, 4) is 0 Å². The van der Waals surface area contributed by atoms with E-state index in [1.165, 1.54) is 0 Å². The fourth-order valence-electron chi connectivity index (χ4n) is 2.49. The summed E-state index contributed by atoms with van der Waals surface area (Å²) in [5.41, 5.74) is 1.01. The second kappa shape index (κ2) is 5.57. The van der Waals surface area contributed by atoms with Crippen molar-refractivity contribution < 1.29 is 14.6 Å². The van der Waals surface area contributed by atoms with Crippen molar-refractivity contribution in [1.29, 1.82) is 0 Å². The second-order valence-electron chi connectivity index (χ2n) is 5.15. The maximum absolute atomic E-state index is 11.1. The number of anilines is 1. The van der Waals surface area contributed by atoms with E-state index in [1.54, 1.807) is 19.2 Å². The molecule has 0 radical (unpaired) electrons. The van der Waals surface area contributed by atoms with Crippen LogP contribution in [0.1, 0.15) is 29.4 Å². The molecule has 2 heterocycles. The molecule has 0 aromatic carbocycles. The molecule has 1 saturated heterocycles. The first kappa shape index (κ1) is 13.8. The summed E-state index contributed by atoms with van der Waals surface area (Å²) in [5, 5.41) is 9.10. The van der Waals surface area contributed by atoms with Crippen molar-refractivity contribution >= 4 is 11.8 Å². The number of carboxylic acids is 1. The van der Waals surface area contributed by atoms with Gasteiger partial charge in [0.15, 0.2) is 0 Å². The lowest BCUT2D eigenvalue weighted by Gasteiger charge is -2.37. The molecule has 2 unspecified atom stereocenters. The number of ether oxygens (including phenoxy) is 1. The Hall–Kier alpha value is -1.62. The van der Waals surface area contributed by atoms with Crippen LogP contribution in [0.15, 0.2) is 12.1 Å². The third kappa shape index (κ3) is 3.04. The number of carboxylic acid groups (broad SMARTS) is 1. The highest BCUT2D eigenvalue weighted by atomic mass is 16.5. The van der Waals surface area contributed by atoms with Gasteiger partial charge in [0.2, 0.25) is 0 Å². The predicted octanol–water partition coefficient (Wildman–Crippen LogP) is 1.95. The van der Waals surface area contributed by atoms with Gasteiger partial charge in [-0.15, -0.1) is 0 Å². The Bertz CT molecular complexity index is 476. The van der Waals surface area contributed by atoms with Crippen LogP contribution >= 0.6 is 0 Å². The normalized spacial score (nSPS) is 23.4. The van der Waals surface area contributed by atoms with Crippen molar-refractivity contribution in [2.45, 2.75) is 26.4 Å². The van der Waals surface area contributed by atoms with Crippen LogP contribution in [0.2, 0.25) is 0 Å². The molecule has 5 nitrogen and oxygen atoms in total. The zero-order chi connectivity index (χ0) is 14.0. The van der Waals surface area contributed by atoms with E-state index in [0.717, 1.165) is 31.0 Å². The SMILES string of the molecule is COC1CN(c2cc(C(=O)O)cc(C)n2)CCC1C. The molecule has 1 fully saturated rings. The number of piperidine rings is 1. The summed E-state index contributed by atoms with van der Waals surface area (Å²) in [4.78, 5) is 17.6. The molecule has 0 spiro atoms. The molecular weight excluding hydrogens is 244 g/mol. The summed E-state index contributed by atoms with van der Waals surface area (Å²) in [7, 11) is 1.72. The van der Waals surface area contributed by atoms with Gasteiger partial charge in [-0.1, -0.05) is 6.92 Å². The van der Waals surface area contributed by atoms with Gasteiger partial charge in [0.05, 0.1) is 11.7 Å². The van der Waals surface area contributed by atoms with Crippen LogP contribution in [0.25, 0.3) is 0 Å². The zero-order valence-electron chi connectivity index (χ0n) is 11.6. The van der Waals surface area contributed by atoms with Gasteiger partial charge >= 0.3 is 5.97 Å². The third-order valence-electron chi connectivity index (χ3n) is 3.70. The number of rotatable bonds is 3. The Balaban J connectivity index is 2.24. The van der Waals surface area contributed by atoms with E-state index in [1.807, 2.05) is 6.92 Å². The lowest BCUT2D eigenvalue weighted by Crippen LogP contribution is -2.44. The number of hydrogen-bond donors (Lipinski definition) is 1. The maximum atomic E-state index is 11.1. The largest absolute Gasteiger partial charge is 0.478 e. The number of methoxy groups -OCH3 is 1. The van der Waals surface area contributed by atoms with Crippen molar-refractivity contribution in [3.63, 3.8) is 0 Å². The molecule has 0 aliphatic carbocycles. The van der Waals surface area contributed by atoms with Crippen molar-refractivity contribution in [3.05, 3.63) is 23.4 Å². The highest BCUT2D eigenvalue weighted by Crippen LogP contribution is 2.24. The van der Waals surface area contributed by atoms with Gasteiger partial charge in [-0.3, -0.25) is 0 Å². The first-order chi connectivity index (χ1) is 9.01. The van der Waals surface area contributed by atoms with Crippen molar-refractivity contribution in [2.75, 3.05) is 25.1 Å². The van der Waals surface area contributed by atoms with Crippen LogP contribution < -0.4 is 4.90 Å². The van der Waals surface area contributed by atoms with Gasteiger partial charge in [0, 0.05) is 25.9 Å². The van der Waals surface area contributed by atoms with Gasteiger partial charge in [-0.25, -0.2) is 9.78 Å². The molecule has 1 aliphatic heterocycles. The zero-order valence-corrected chi connectivity index (χ0v) is 11.6. The summed E-state index contributed by atoms with van der Waals surface area (Å²) in [6.45, 7) is 5.64. The maximum Gasteiger partial charge on any atom is 0.335 e. The molecule has 0 saturated carbocycles. The molecule has 1 N–H and O–H groups in total. The predicted molar refractivity (Wildman–Crippen MR) is 72.7 cm³/mol. The number of aryl methyl sites for hydroxylation is 1. The average molecular weight is 264 g/mol. The highest BCUT2D eigenvalue weighted by molar-refractivity contribution is 5.88. The lowest BCUT2D eigenvalue weighted by atomic mass is 9.96. The Morgan fingerprint density at radius 2 is 2.26 bits per heavy atom. The number of aromatic carboxylic acids is 1. The van der Waals surface area contributed by atoms with E-state index in [-0.39, 0.29) is 11.7 Å². The van der Waals surface area contributed by atoms with Crippen LogP contribution in [0.5, 0.6) is 0 Å². The third-order valence-corrected chi connectivity index (χ3v) is 3.70. The van der Waals surface area contributed by atoms with Gasteiger partial charge < -0.3 is 14.7 Å². The molecule has 19 heavy (non-hydrogen) atoms. The number of pyridine rings is 1. The average Bonchev–Trinajstić information content (AvgIpc) is 2.38. The quantitative estimate of drug-likeness (QED) is 0.904. The van der Waals surface area contributed by atoms with E-state index in [4.69, 9.17) is 9.84 Å². The molecule has 1 aliphatic rings. The van der Waals surface area contributed by atoms with Gasteiger partial charge in [0.25, 0.3) is 0 Å². The summed E-state index contributed by atoms with van der Waals surface area (Å²) < 4.78 is 5.48. The van der Waals surface area contributed by atoms with Crippen molar-refractivity contribution in [2.24, 2.45) is 5.92 Å². The number of hydrogen-bond acceptors (Lipinski definition) is 4. The molecule has 0 bridgehead atoms. The molecule has 104 valence electrons. The smallest absolute Gasteiger partial charge is 0.335 e. The first-order valence-electron chi connectivity index (χ1n) is 6.51. The Labute approximate surface area is 113 Å². The Morgan fingerprint density at radius 3 is 2.89 bits per heavy atom. The van der Waals surface area contributed by atoms with Crippen molar-refractivity contribution in [1.82, 2.24) is 4.98 Å². The molecule has 2 atom stereocenters. The number of carbonyl (C=O) groups is 1. The fraction of sp³-hybridized carbons (Fsp3) is 0.571. The summed E-state index contributed by atoms with van der Waals surface area (Å²) in [6.07, 6.45) is 1.20. The Morgan fingerprint density at radius 1 is 1.53 bits per heavy atom. The minimum Gasteiger partial charge on any atom is -0.478 e. The first-order valence-corrected chi connectivity index (χ1v) is 6.51. The highest BCUT2D eigenvalue weighted by Gasteiger charge is 2.27. The summed E-state index contributed by atoms with van der Waals surface area (Å²) in [6, 6.07) is 3.23. The summed E-state index contributed by atoms with van der Waals surface area (Å²) >= 11 is 0. The van der Waals surface area contributed by atoms with Crippen LogP contribution in [0.4, 0.5) is 5.82 Å². The molecule has 1 aromatic rings. The Kier molecular flexibility index (Phi) is 4.04. The van der Waals surface area contributed by atoms with E-state index < -0.39 is 5.97 Å². The topological polar surface area (TPSA) is 62.7 Å². The molecule has 2 rings (SSSR count). The number of nitrogens with zero attached hydrogens (tertiary/aromatic N) is 2. The molecule has 5 heteroatoms. The van der Waals surface area contributed by atoms with Gasteiger partial charge in [-0.2, -0.15) is 0 Å².